The molecular formula is C19H19F2NO4. The lowest BCUT2D eigenvalue weighted by Gasteiger charge is -2.15. The fraction of sp³-hybridized carbons (Fsp3) is 0.263. The predicted octanol–water partition coefficient (Wildman–Crippen LogP) is 3.53. The molecule has 0 saturated carbocycles. The fourth-order valence-electron chi connectivity index (χ4n) is 2.28. The zero-order valence-electron chi connectivity index (χ0n) is 14.6. The molecule has 26 heavy (non-hydrogen) atoms. The van der Waals surface area contributed by atoms with Crippen LogP contribution >= 0.6 is 0 Å². The standard InChI is InChI=1S/C19H19F2NO4/c1-11-6-4-7-12(2)18(11)25-10-16(23)26-13(3)19(24)22-17-14(20)8-5-9-15(17)21/h4-9,13H,10H2,1-3H3,(H,22,24)/t13-/m1/s1. The van der Waals surface area contributed by atoms with Crippen LogP contribution in [0.1, 0.15) is 18.1 Å². The average molecular weight is 363 g/mol. The zero-order chi connectivity index (χ0) is 19.3. The SMILES string of the molecule is Cc1cccc(C)c1OCC(=O)O[C@H](C)C(=O)Nc1c(F)cccc1F. The molecule has 1 amide bonds. The van der Waals surface area contributed by atoms with Gasteiger partial charge in [0.05, 0.1) is 0 Å². The van der Waals surface area contributed by atoms with Crippen molar-refractivity contribution in [3.05, 3.63) is 59.2 Å². The second-order valence-corrected chi connectivity index (χ2v) is 5.73. The normalized spacial score (nSPS) is 11.6. The van der Waals surface area contributed by atoms with Crippen molar-refractivity contribution in [1.29, 1.82) is 0 Å². The van der Waals surface area contributed by atoms with Crippen molar-refractivity contribution in [3.8, 4) is 5.75 Å². The van der Waals surface area contributed by atoms with Crippen LogP contribution in [0.2, 0.25) is 0 Å². The number of hydrogen-bond acceptors (Lipinski definition) is 4. The van der Waals surface area contributed by atoms with Gasteiger partial charge in [-0.25, -0.2) is 13.6 Å². The molecule has 0 unspecified atom stereocenters. The summed E-state index contributed by atoms with van der Waals surface area (Å²) in [6, 6.07) is 8.74. The Morgan fingerprint density at radius 3 is 2.15 bits per heavy atom. The van der Waals surface area contributed by atoms with Gasteiger partial charge in [0.25, 0.3) is 5.91 Å². The molecule has 0 aliphatic heterocycles. The number of amides is 1. The minimum atomic E-state index is -1.25. The topological polar surface area (TPSA) is 64.6 Å². The summed E-state index contributed by atoms with van der Waals surface area (Å²) in [5.74, 6) is -2.90. The highest BCUT2D eigenvalue weighted by Crippen LogP contribution is 2.22. The number of halogens is 2. The number of ether oxygens (including phenoxy) is 2. The van der Waals surface area contributed by atoms with Crippen molar-refractivity contribution in [2.75, 3.05) is 11.9 Å². The minimum Gasteiger partial charge on any atom is -0.481 e. The van der Waals surface area contributed by atoms with Gasteiger partial charge < -0.3 is 14.8 Å². The molecular weight excluding hydrogens is 344 g/mol. The summed E-state index contributed by atoms with van der Waals surface area (Å²) in [7, 11) is 0. The molecule has 0 fully saturated rings. The summed E-state index contributed by atoms with van der Waals surface area (Å²) in [6.07, 6.45) is -1.25. The first-order chi connectivity index (χ1) is 12.3. The van der Waals surface area contributed by atoms with E-state index < -0.39 is 41.9 Å². The Hall–Kier alpha value is -2.96. The van der Waals surface area contributed by atoms with E-state index in [0.717, 1.165) is 23.3 Å². The van der Waals surface area contributed by atoms with Crippen LogP contribution < -0.4 is 10.1 Å². The van der Waals surface area contributed by atoms with Crippen molar-refractivity contribution in [1.82, 2.24) is 0 Å². The zero-order valence-corrected chi connectivity index (χ0v) is 14.6. The van der Waals surface area contributed by atoms with E-state index in [1.54, 1.807) is 0 Å². The van der Waals surface area contributed by atoms with Gasteiger partial charge in [-0.2, -0.15) is 0 Å². The van der Waals surface area contributed by atoms with E-state index in [1.165, 1.54) is 13.0 Å². The number of nitrogens with one attached hydrogen (secondary N) is 1. The van der Waals surface area contributed by atoms with E-state index in [1.807, 2.05) is 32.0 Å². The largest absolute Gasteiger partial charge is 0.481 e. The molecule has 1 N–H and O–H groups in total. The summed E-state index contributed by atoms with van der Waals surface area (Å²) in [4.78, 5) is 23.8. The van der Waals surface area contributed by atoms with Gasteiger partial charge in [0.2, 0.25) is 0 Å². The molecule has 0 spiro atoms. The highest BCUT2D eigenvalue weighted by molar-refractivity contribution is 5.95. The van der Waals surface area contributed by atoms with Gasteiger partial charge >= 0.3 is 5.97 Å². The van der Waals surface area contributed by atoms with Crippen LogP contribution in [0, 0.1) is 25.5 Å². The highest BCUT2D eigenvalue weighted by Gasteiger charge is 2.21. The first-order valence-electron chi connectivity index (χ1n) is 7.93. The summed E-state index contributed by atoms with van der Waals surface area (Å²) >= 11 is 0. The molecule has 0 aliphatic rings. The minimum absolute atomic E-state index is 0.391. The number of para-hydroxylation sites is 2. The van der Waals surface area contributed by atoms with Crippen LogP contribution in [-0.2, 0) is 14.3 Å². The van der Waals surface area contributed by atoms with Gasteiger partial charge in [0, 0.05) is 0 Å². The monoisotopic (exact) mass is 363 g/mol. The lowest BCUT2D eigenvalue weighted by Crippen LogP contribution is -2.32. The van der Waals surface area contributed by atoms with Gasteiger partial charge in [-0.3, -0.25) is 4.79 Å². The molecule has 1 atom stereocenters. The van der Waals surface area contributed by atoms with E-state index in [-0.39, 0.29) is 0 Å². The summed E-state index contributed by atoms with van der Waals surface area (Å²) in [5, 5.41) is 2.07. The van der Waals surface area contributed by atoms with Gasteiger partial charge in [-0.1, -0.05) is 24.3 Å². The number of anilines is 1. The van der Waals surface area contributed by atoms with E-state index in [9.17, 15) is 18.4 Å². The second kappa shape index (κ2) is 8.42. The van der Waals surface area contributed by atoms with Gasteiger partial charge in [-0.05, 0) is 44.0 Å². The Morgan fingerprint density at radius 2 is 1.58 bits per heavy atom. The molecule has 138 valence electrons. The summed E-state index contributed by atoms with van der Waals surface area (Å²) in [5.41, 5.74) is 1.13. The van der Waals surface area contributed by atoms with E-state index in [4.69, 9.17) is 9.47 Å². The second-order valence-electron chi connectivity index (χ2n) is 5.73. The van der Waals surface area contributed by atoms with Crippen LogP contribution in [0.5, 0.6) is 5.75 Å². The van der Waals surface area contributed by atoms with Crippen molar-refractivity contribution in [2.24, 2.45) is 0 Å². The first kappa shape index (κ1) is 19.4. The van der Waals surface area contributed by atoms with E-state index in [0.29, 0.717) is 5.75 Å². The third-order valence-corrected chi connectivity index (χ3v) is 3.63. The molecule has 0 bridgehead atoms. The van der Waals surface area contributed by atoms with E-state index >= 15 is 0 Å². The van der Waals surface area contributed by atoms with Crippen LogP contribution in [0.4, 0.5) is 14.5 Å². The number of benzene rings is 2. The Labute approximate surface area is 149 Å². The van der Waals surface area contributed by atoms with Crippen LogP contribution in [0.3, 0.4) is 0 Å². The van der Waals surface area contributed by atoms with Gasteiger partial charge in [0.1, 0.15) is 23.1 Å². The molecule has 0 aliphatic carbocycles. The number of aryl methyl sites for hydroxylation is 2. The molecule has 7 heteroatoms. The number of carbonyl (C=O) groups excluding carboxylic acids is 2. The third-order valence-electron chi connectivity index (χ3n) is 3.63. The molecule has 0 radical (unpaired) electrons. The maximum Gasteiger partial charge on any atom is 0.344 e. The third kappa shape index (κ3) is 4.78. The first-order valence-corrected chi connectivity index (χ1v) is 7.93. The molecule has 2 rings (SSSR count). The van der Waals surface area contributed by atoms with Crippen molar-refractivity contribution >= 4 is 17.6 Å². The van der Waals surface area contributed by atoms with Crippen LogP contribution in [0.25, 0.3) is 0 Å². The summed E-state index contributed by atoms with van der Waals surface area (Å²) in [6.45, 7) is 4.59. The molecule has 5 nitrogen and oxygen atoms in total. The average Bonchev–Trinajstić information content (AvgIpc) is 2.57. The van der Waals surface area contributed by atoms with Crippen molar-refractivity contribution in [2.45, 2.75) is 26.9 Å². The molecule has 0 heterocycles. The number of hydrogen-bond donors (Lipinski definition) is 1. The fourth-order valence-corrected chi connectivity index (χ4v) is 2.28. The molecule has 2 aromatic rings. The summed E-state index contributed by atoms with van der Waals surface area (Å²) < 4.78 is 37.5. The quantitative estimate of drug-likeness (QED) is 0.798. The van der Waals surface area contributed by atoms with Gasteiger partial charge in [0.15, 0.2) is 12.7 Å². The van der Waals surface area contributed by atoms with Crippen molar-refractivity contribution in [3.63, 3.8) is 0 Å². The van der Waals surface area contributed by atoms with E-state index in [2.05, 4.69) is 5.32 Å². The molecule has 2 aromatic carbocycles. The Bertz CT molecular complexity index is 783. The molecule has 0 saturated heterocycles. The number of carbonyl (C=O) groups is 2. The Morgan fingerprint density at radius 1 is 1.04 bits per heavy atom. The number of rotatable bonds is 6. The highest BCUT2D eigenvalue weighted by atomic mass is 19.1. The Kier molecular flexibility index (Phi) is 6.27. The van der Waals surface area contributed by atoms with Crippen LogP contribution in [-0.4, -0.2) is 24.6 Å². The lowest BCUT2D eigenvalue weighted by molar-refractivity contribution is -0.155. The predicted molar refractivity (Wildman–Crippen MR) is 92.0 cm³/mol. The maximum atomic E-state index is 13.5. The maximum absolute atomic E-state index is 13.5. The van der Waals surface area contributed by atoms with Crippen LogP contribution in [0.15, 0.2) is 36.4 Å². The van der Waals surface area contributed by atoms with Crippen molar-refractivity contribution < 1.29 is 27.8 Å². The molecule has 0 aromatic heterocycles. The lowest BCUT2D eigenvalue weighted by atomic mass is 10.1. The Balaban J connectivity index is 1.91. The smallest absolute Gasteiger partial charge is 0.344 e. The van der Waals surface area contributed by atoms with Gasteiger partial charge in [-0.15, -0.1) is 0 Å². The number of esters is 1.